The van der Waals surface area contributed by atoms with Gasteiger partial charge in [-0.2, -0.15) is 0 Å². The molecular weight excluding hydrogens is 366 g/mol. The van der Waals surface area contributed by atoms with E-state index in [2.05, 4.69) is 30.2 Å². The van der Waals surface area contributed by atoms with Crippen LogP contribution in [0.25, 0.3) is 10.9 Å². The van der Waals surface area contributed by atoms with Crippen LogP contribution >= 0.6 is 0 Å². The van der Waals surface area contributed by atoms with Crippen LogP contribution < -0.4 is 16.1 Å². The fourth-order valence-electron chi connectivity index (χ4n) is 4.76. The van der Waals surface area contributed by atoms with E-state index in [0.717, 1.165) is 49.1 Å². The highest BCUT2D eigenvalue weighted by Crippen LogP contribution is 2.42. The number of piperidine rings is 1. The van der Waals surface area contributed by atoms with Gasteiger partial charge < -0.3 is 19.9 Å². The van der Waals surface area contributed by atoms with Crippen LogP contribution in [-0.4, -0.2) is 30.2 Å². The van der Waals surface area contributed by atoms with E-state index in [1.165, 1.54) is 6.42 Å². The number of carbonyl (C=O) groups excluding carboxylic acids is 1. The summed E-state index contributed by atoms with van der Waals surface area (Å²) in [5.74, 6) is -0.563. The molecule has 1 aromatic carbocycles. The molecule has 6 nitrogen and oxygen atoms in total. The van der Waals surface area contributed by atoms with Gasteiger partial charge in [0, 0.05) is 30.7 Å². The zero-order valence-corrected chi connectivity index (χ0v) is 17.9. The molecule has 1 aliphatic heterocycles. The number of fused-ring (bicyclic) bond motifs is 1. The molecule has 2 aliphatic rings. The molecule has 0 radical (unpaired) electrons. The van der Waals surface area contributed by atoms with Crippen molar-refractivity contribution >= 4 is 28.2 Å². The Morgan fingerprint density at radius 3 is 2.69 bits per heavy atom. The van der Waals surface area contributed by atoms with Gasteiger partial charge in [-0.05, 0) is 56.6 Å². The Bertz CT molecular complexity index is 1030. The van der Waals surface area contributed by atoms with E-state index in [4.69, 9.17) is 10.5 Å². The molecule has 2 heterocycles. The Morgan fingerprint density at radius 1 is 1.34 bits per heavy atom. The summed E-state index contributed by atoms with van der Waals surface area (Å²) in [6, 6.07) is 2.09. The van der Waals surface area contributed by atoms with Crippen molar-refractivity contribution in [3.63, 3.8) is 0 Å². The second-order valence-corrected chi connectivity index (χ2v) is 9.26. The molecule has 6 heteroatoms. The van der Waals surface area contributed by atoms with E-state index in [0.29, 0.717) is 17.1 Å². The first kappa shape index (κ1) is 19.8. The van der Waals surface area contributed by atoms with Gasteiger partial charge in [-0.25, -0.2) is 4.79 Å². The molecule has 1 saturated heterocycles. The molecule has 1 aliphatic carbocycles. The molecule has 2 aromatic rings. The van der Waals surface area contributed by atoms with Gasteiger partial charge in [-0.1, -0.05) is 13.8 Å². The predicted molar refractivity (Wildman–Crippen MR) is 117 cm³/mol. The SMILES string of the molecule is CCOC(=O)c1cn(C2CC2)c2c(C)c(N3CCCC(C)(C)C3)c(N)cc2c1=O. The van der Waals surface area contributed by atoms with Gasteiger partial charge in [0.1, 0.15) is 5.56 Å². The summed E-state index contributed by atoms with van der Waals surface area (Å²) < 4.78 is 7.23. The maximum absolute atomic E-state index is 13.2. The van der Waals surface area contributed by atoms with E-state index in [9.17, 15) is 9.59 Å². The van der Waals surface area contributed by atoms with Gasteiger partial charge in [0.05, 0.1) is 23.5 Å². The van der Waals surface area contributed by atoms with E-state index >= 15 is 0 Å². The number of esters is 1. The fourth-order valence-corrected chi connectivity index (χ4v) is 4.76. The van der Waals surface area contributed by atoms with Crippen molar-refractivity contribution in [2.75, 3.05) is 30.3 Å². The van der Waals surface area contributed by atoms with Crippen LogP contribution in [0.4, 0.5) is 11.4 Å². The van der Waals surface area contributed by atoms with Crippen LogP contribution in [0.3, 0.4) is 0 Å². The van der Waals surface area contributed by atoms with Crippen molar-refractivity contribution < 1.29 is 9.53 Å². The number of carbonyl (C=O) groups is 1. The highest BCUT2D eigenvalue weighted by Gasteiger charge is 2.32. The lowest BCUT2D eigenvalue weighted by atomic mass is 9.83. The monoisotopic (exact) mass is 397 g/mol. The Balaban J connectivity index is 1.94. The molecule has 0 spiro atoms. The largest absolute Gasteiger partial charge is 0.462 e. The highest BCUT2D eigenvalue weighted by molar-refractivity contribution is 5.98. The second-order valence-electron chi connectivity index (χ2n) is 9.26. The number of nitrogens with zero attached hydrogens (tertiary/aromatic N) is 2. The third-order valence-electron chi connectivity index (χ3n) is 6.21. The minimum absolute atomic E-state index is 0.0944. The lowest BCUT2D eigenvalue weighted by Crippen LogP contribution is -2.40. The topological polar surface area (TPSA) is 77.6 Å². The first-order valence-electron chi connectivity index (χ1n) is 10.6. The summed E-state index contributed by atoms with van der Waals surface area (Å²) >= 11 is 0. The Kier molecular flexibility index (Phi) is 4.83. The number of hydrogen-bond donors (Lipinski definition) is 1. The van der Waals surface area contributed by atoms with Crippen molar-refractivity contribution in [2.24, 2.45) is 5.41 Å². The number of ether oxygens (including phenoxy) is 1. The molecule has 4 rings (SSSR count). The highest BCUT2D eigenvalue weighted by atomic mass is 16.5. The molecule has 29 heavy (non-hydrogen) atoms. The average molecular weight is 398 g/mol. The summed E-state index contributed by atoms with van der Waals surface area (Å²) in [6.45, 7) is 10.5. The summed E-state index contributed by atoms with van der Waals surface area (Å²) in [7, 11) is 0. The minimum atomic E-state index is -0.563. The number of pyridine rings is 1. The number of aromatic nitrogens is 1. The second kappa shape index (κ2) is 7.08. The summed E-state index contributed by atoms with van der Waals surface area (Å²) in [5, 5.41) is 0.512. The average Bonchev–Trinajstić information content (AvgIpc) is 3.47. The van der Waals surface area contributed by atoms with Crippen LogP contribution in [-0.2, 0) is 4.74 Å². The normalized spacial score (nSPS) is 18.8. The summed E-state index contributed by atoms with van der Waals surface area (Å²) in [5.41, 5.74) is 10.1. The van der Waals surface area contributed by atoms with Crippen molar-refractivity contribution in [3.05, 3.63) is 33.6 Å². The maximum atomic E-state index is 13.2. The summed E-state index contributed by atoms with van der Waals surface area (Å²) in [6.07, 6.45) is 6.13. The number of rotatable bonds is 4. The number of nitrogens with two attached hydrogens (primary N) is 1. The van der Waals surface area contributed by atoms with Gasteiger partial charge in [0.2, 0.25) is 5.43 Å². The van der Waals surface area contributed by atoms with Crippen LogP contribution in [0.5, 0.6) is 0 Å². The van der Waals surface area contributed by atoms with Crippen LogP contribution in [0.2, 0.25) is 0 Å². The fraction of sp³-hybridized carbons (Fsp3) is 0.565. The van der Waals surface area contributed by atoms with E-state index < -0.39 is 5.97 Å². The number of nitrogen functional groups attached to an aromatic ring is 1. The molecule has 0 unspecified atom stereocenters. The third kappa shape index (κ3) is 3.49. The van der Waals surface area contributed by atoms with Crippen LogP contribution in [0.15, 0.2) is 17.1 Å². The third-order valence-corrected chi connectivity index (χ3v) is 6.21. The maximum Gasteiger partial charge on any atom is 0.343 e. The van der Waals surface area contributed by atoms with Gasteiger partial charge in [0.25, 0.3) is 0 Å². The zero-order chi connectivity index (χ0) is 20.9. The molecular formula is C23H31N3O3. The Hall–Kier alpha value is -2.50. The summed E-state index contributed by atoms with van der Waals surface area (Å²) in [4.78, 5) is 27.9. The predicted octanol–water partition coefficient (Wildman–Crippen LogP) is 4.03. The quantitative estimate of drug-likeness (QED) is 0.622. The molecule has 1 aromatic heterocycles. The van der Waals surface area contributed by atoms with Gasteiger partial charge in [-0.15, -0.1) is 0 Å². The van der Waals surface area contributed by atoms with Crippen molar-refractivity contribution in [3.8, 4) is 0 Å². The van der Waals surface area contributed by atoms with Crippen molar-refractivity contribution in [1.82, 2.24) is 4.57 Å². The minimum Gasteiger partial charge on any atom is -0.462 e. The molecule has 0 bridgehead atoms. The molecule has 2 N–H and O–H groups in total. The van der Waals surface area contributed by atoms with Gasteiger partial charge in [-0.3, -0.25) is 4.79 Å². The lowest BCUT2D eigenvalue weighted by Gasteiger charge is -2.40. The molecule has 0 atom stereocenters. The zero-order valence-electron chi connectivity index (χ0n) is 17.9. The van der Waals surface area contributed by atoms with Crippen LogP contribution in [0.1, 0.15) is 68.4 Å². The first-order chi connectivity index (χ1) is 13.7. The van der Waals surface area contributed by atoms with Crippen molar-refractivity contribution in [2.45, 2.75) is 59.4 Å². The number of benzene rings is 1. The number of anilines is 2. The lowest BCUT2D eigenvalue weighted by molar-refractivity contribution is 0.0524. The van der Waals surface area contributed by atoms with Crippen LogP contribution in [0, 0.1) is 12.3 Å². The van der Waals surface area contributed by atoms with E-state index in [-0.39, 0.29) is 23.0 Å². The first-order valence-corrected chi connectivity index (χ1v) is 10.6. The van der Waals surface area contributed by atoms with Crippen molar-refractivity contribution in [1.29, 1.82) is 0 Å². The smallest absolute Gasteiger partial charge is 0.343 e. The van der Waals surface area contributed by atoms with E-state index in [1.807, 2.05) is 0 Å². The molecule has 2 fully saturated rings. The number of aryl methyl sites for hydroxylation is 1. The molecule has 1 saturated carbocycles. The standard InChI is InChI=1S/C23H31N3O3/c1-5-29-22(28)17-12-26(15-7-8-15)19-14(2)20(18(24)11-16(19)21(17)27)25-10-6-9-23(3,4)13-25/h11-12,15H,5-10,13,24H2,1-4H3. The number of hydrogen-bond acceptors (Lipinski definition) is 5. The molecule has 0 amide bonds. The Labute approximate surface area is 171 Å². The van der Waals surface area contributed by atoms with Gasteiger partial charge >= 0.3 is 5.97 Å². The molecule has 156 valence electrons. The van der Waals surface area contributed by atoms with Gasteiger partial charge in [0.15, 0.2) is 0 Å². The van der Waals surface area contributed by atoms with E-state index in [1.54, 1.807) is 19.2 Å². The Morgan fingerprint density at radius 2 is 2.07 bits per heavy atom.